The van der Waals surface area contributed by atoms with Gasteiger partial charge in [0.1, 0.15) is 0 Å². The Labute approximate surface area is 105 Å². The quantitative estimate of drug-likeness (QED) is 0.787. The van der Waals surface area contributed by atoms with Gasteiger partial charge in [0, 0.05) is 12.2 Å². The van der Waals surface area contributed by atoms with E-state index in [4.69, 9.17) is 12.2 Å². The van der Waals surface area contributed by atoms with E-state index in [9.17, 15) is 0 Å². The van der Waals surface area contributed by atoms with Gasteiger partial charge in [-0.3, -0.25) is 4.98 Å². The molecule has 4 nitrogen and oxygen atoms in total. The zero-order valence-electron chi connectivity index (χ0n) is 9.89. The highest BCUT2D eigenvalue weighted by Gasteiger charge is 2.20. The Morgan fingerprint density at radius 3 is 2.94 bits per heavy atom. The van der Waals surface area contributed by atoms with E-state index in [-0.39, 0.29) is 0 Å². The molecule has 90 valence electrons. The summed E-state index contributed by atoms with van der Waals surface area (Å²) < 4.78 is 3.09. The molecule has 0 aliphatic carbocycles. The molecule has 1 N–H and O–H groups in total. The first-order valence-corrected chi connectivity index (χ1v) is 6.39. The summed E-state index contributed by atoms with van der Waals surface area (Å²) in [6, 6.07) is 2.56. The van der Waals surface area contributed by atoms with Crippen molar-refractivity contribution in [1.29, 1.82) is 0 Å². The zero-order chi connectivity index (χ0) is 11.8. The van der Waals surface area contributed by atoms with E-state index in [0.29, 0.717) is 6.04 Å². The molecule has 1 fully saturated rings. The number of H-pyrrole nitrogens is 1. The van der Waals surface area contributed by atoms with Gasteiger partial charge in [-0.15, -0.1) is 0 Å². The van der Waals surface area contributed by atoms with E-state index < -0.39 is 0 Å². The molecule has 17 heavy (non-hydrogen) atoms. The minimum atomic E-state index is 0.523. The molecule has 0 radical (unpaired) electrons. The number of hydrogen-bond acceptors (Lipinski definition) is 3. The average Bonchev–Trinajstić information content (AvgIpc) is 2.66. The topological polar surface area (TPSA) is 36.9 Å². The van der Waals surface area contributed by atoms with Gasteiger partial charge in [-0.25, -0.2) is 0 Å². The van der Waals surface area contributed by atoms with E-state index in [1.54, 1.807) is 0 Å². The molecule has 3 rings (SSSR count). The maximum atomic E-state index is 5.43. The molecular formula is C12H16N4S. The van der Waals surface area contributed by atoms with Crippen molar-refractivity contribution in [3.63, 3.8) is 0 Å². The summed E-state index contributed by atoms with van der Waals surface area (Å²) in [5.74, 6) is 0. The number of aromatic amines is 1. The summed E-state index contributed by atoms with van der Waals surface area (Å²) in [7, 11) is 2.18. The lowest BCUT2D eigenvalue weighted by molar-refractivity contribution is 0.223. The fraction of sp³-hybridized carbons (Fsp3) is 0.500. The number of piperidine rings is 1. The number of hydrogen-bond donors (Lipinski definition) is 1. The summed E-state index contributed by atoms with van der Waals surface area (Å²) in [5, 5.41) is 0. The maximum Gasteiger partial charge on any atom is 0.178 e. The lowest BCUT2D eigenvalue weighted by Gasteiger charge is -2.30. The van der Waals surface area contributed by atoms with Crippen LogP contribution in [0, 0.1) is 4.77 Å². The van der Waals surface area contributed by atoms with Gasteiger partial charge >= 0.3 is 0 Å². The van der Waals surface area contributed by atoms with E-state index >= 15 is 0 Å². The van der Waals surface area contributed by atoms with Gasteiger partial charge in [-0.05, 0) is 51.3 Å². The van der Waals surface area contributed by atoms with Crippen LogP contribution in [0.5, 0.6) is 0 Å². The minimum absolute atomic E-state index is 0.523. The second kappa shape index (κ2) is 4.23. The predicted octanol–water partition coefficient (Wildman–Crippen LogP) is 2.36. The SMILES string of the molecule is CN1CCC(n2c(=S)[nH]c3cnccc32)CC1. The molecule has 0 spiro atoms. The molecule has 1 saturated heterocycles. The molecule has 5 heteroatoms. The van der Waals surface area contributed by atoms with Crippen molar-refractivity contribution in [1.82, 2.24) is 19.4 Å². The standard InChI is InChI=1S/C12H16N4S/c1-15-6-3-9(4-7-15)16-11-2-5-13-8-10(11)14-12(16)17/h2,5,8-9H,3-4,6-7H2,1H3,(H,14,17). The first-order chi connectivity index (χ1) is 8.25. The summed E-state index contributed by atoms with van der Waals surface area (Å²) >= 11 is 5.43. The van der Waals surface area contributed by atoms with Crippen molar-refractivity contribution in [3.05, 3.63) is 23.2 Å². The van der Waals surface area contributed by atoms with Crippen LogP contribution in [0.25, 0.3) is 11.0 Å². The van der Waals surface area contributed by atoms with Crippen molar-refractivity contribution in [2.75, 3.05) is 20.1 Å². The third kappa shape index (κ3) is 1.89. The molecule has 3 heterocycles. The van der Waals surface area contributed by atoms with Crippen LogP contribution in [0.4, 0.5) is 0 Å². The Hall–Kier alpha value is -1.20. The lowest BCUT2D eigenvalue weighted by Crippen LogP contribution is -2.31. The van der Waals surface area contributed by atoms with Crippen LogP contribution in [0.3, 0.4) is 0 Å². The number of rotatable bonds is 1. The van der Waals surface area contributed by atoms with Crippen molar-refractivity contribution in [3.8, 4) is 0 Å². The monoisotopic (exact) mass is 248 g/mol. The van der Waals surface area contributed by atoms with Crippen LogP contribution in [-0.2, 0) is 0 Å². The highest BCUT2D eigenvalue weighted by molar-refractivity contribution is 7.71. The average molecular weight is 248 g/mol. The molecule has 2 aromatic heterocycles. The van der Waals surface area contributed by atoms with Gasteiger partial charge in [0.15, 0.2) is 4.77 Å². The van der Waals surface area contributed by atoms with Crippen LogP contribution in [0.2, 0.25) is 0 Å². The number of nitrogens with one attached hydrogen (secondary N) is 1. The van der Waals surface area contributed by atoms with Gasteiger partial charge in [0.25, 0.3) is 0 Å². The minimum Gasteiger partial charge on any atom is -0.329 e. The number of likely N-dealkylation sites (tertiary alicyclic amines) is 1. The van der Waals surface area contributed by atoms with E-state index in [2.05, 4.69) is 26.5 Å². The second-order valence-corrected chi connectivity index (χ2v) is 5.11. The summed E-state index contributed by atoms with van der Waals surface area (Å²) in [6.07, 6.45) is 6.01. The van der Waals surface area contributed by atoms with E-state index in [1.165, 1.54) is 18.4 Å². The maximum absolute atomic E-state index is 5.43. The first kappa shape index (κ1) is 10.9. The Balaban J connectivity index is 2.05. The number of nitrogens with zero attached hydrogens (tertiary/aromatic N) is 3. The molecule has 0 bridgehead atoms. The number of fused-ring (bicyclic) bond motifs is 1. The van der Waals surface area contributed by atoms with Gasteiger partial charge < -0.3 is 14.5 Å². The summed E-state index contributed by atoms with van der Waals surface area (Å²) in [5.41, 5.74) is 2.22. The molecule has 1 aliphatic rings. The Bertz CT molecular complexity index is 577. The molecule has 1 aliphatic heterocycles. The Morgan fingerprint density at radius 2 is 2.18 bits per heavy atom. The molecule has 0 saturated carbocycles. The van der Waals surface area contributed by atoms with E-state index in [1.807, 2.05) is 18.5 Å². The Kier molecular flexibility index (Phi) is 2.72. The fourth-order valence-corrected chi connectivity index (χ4v) is 2.95. The van der Waals surface area contributed by atoms with Gasteiger partial charge in [0.05, 0.1) is 17.2 Å². The van der Waals surface area contributed by atoms with Crippen molar-refractivity contribution in [2.24, 2.45) is 0 Å². The molecule has 2 aromatic rings. The van der Waals surface area contributed by atoms with Crippen molar-refractivity contribution in [2.45, 2.75) is 18.9 Å². The third-order valence-electron chi connectivity index (χ3n) is 3.57. The van der Waals surface area contributed by atoms with Gasteiger partial charge in [-0.1, -0.05) is 0 Å². The molecule has 0 atom stereocenters. The third-order valence-corrected chi connectivity index (χ3v) is 3.87. The smallest absolute Gasteiger partial charge is 0.178 e. The fourth-order valence-electron chi connectivity index (χ4n) is 2.59. The van der Waals surface area contributed by atoms with E-state index in [0.717, 1.165) is 23.4 Å². The highest BCUT2D eigenvalue weighted by Crippen LogP contribution is 2.26. The summed E-state index contributed by atoms with van der Waals surface area (Å²) in [6.45, 7) is 2.29. The molecule has 0 unspecified atom stereocenters. The number of aromatic nitrogens is 3. The molecule has 0 aromatic carbocycles. The van der Waals surface area contributed by atoms with Crippen LogP contribution >= 0.6 is 12.2 Å². The normalized spacial score (nSPS) is 18.9. The number of pyridine rings is 1. The van der Waals surface area contributed by atoms with Crippen LogP contribution in [0.15, 0.2) is 18.5 Å². The summed E-state index contributed by atoms with van der Waals surface area (Å²) in [4.78, 5) is 9.73. The van der Waals surface area contributed by atoms with Crippen LogP contribution in [0.1, 0.15) is 18.9 Å². The second-order valence-electron chi connectivity index (χ2n) is 4.73. The molecular weight excluding hydrogens is 232 g/mol. The van der Waals surface area contributed by atoms with Gasteiger partial charge in [-0.2, -0.15) is 0 Å². The Morgan fingerprint density at radius 1 is 1.41 bits per heavy atom. The van der Waals surface area contributed by atoms with Crippen LogP contribution < -0.4 is 0 Å². The predicted molar refractivity (Wildman–Crippen MR) is 70.7 cm³/mol. The van der Waals surface area contributed by atoms with Crippen molar-refractivity contribution < 1.29 is 0 Å². The van der Waals surface area contributed by atoms with Crippen LogP contribution in [-0.4, -0.2) is 39.6 Å². The number of imidazole rings is 1. The van der Waals surface area contributed by atoms with Gasteiger partial charge in [0.2, 0.25) is 0 Å². The largest absolute Gasteiger partial charge is 0.329 e. The highest BCUT2D eigenvalue weighted by atomic mass is 32.1. The zero-order valence-corrected chi connectivity index (χ0v) is 10.7. The lowest BCUT2D eigenvalue weighted by atomic mass is 10.1. The van der Waals surface area contributed by atoms with Crippen molar-refractivity contribution >= 4 is 23.3 Å². The first-order valence-electron chi connectivity index (χ1n) is 5.98. The molecule has 0 amide bonds.